The second-order valence-corrected chi connectivity index (χ2v) is 5.67. The van der Waals surface area contributed by atoms with Crippen molar-refractivity contribution >= 4 is 26.4 Å². The van der Waals surface area contributed by atoms with E-state index in [0.717, 1.165) is 21.5 Å². The quantitative estimate of drug-likeness (QED) is 0.794. The second kappa shape index (κ2) is 4.54. The number of hydrogen-bond donors (Lipinski definition) is 0. The van der Waals surface area contributed by atoms with E-state index in [2.05, 4.69) is 34.1 Å². The summed E-state index contributed by atoms with van der Waals surface area (Å²) in [4.78, 5) is 11.8. The van der Waals surface area contributed by atoms with Crippen LogP contribution >= 0.6 is 15.9 Å². The van der Waals surface area contributed by atoms with Crippen molar-refractivity contribution in [3.8, 4) is 0 Å². The van der Waals surface area contributed by atoms with Gasteiger partial charge in [0.05, 0.1) is 12.2 Å². The number of fused-ring (bicyclic) bond motifs is 1. The van der Waals surface area contributed by atoms with Gasteiger partial charge in [-0.05, 0) is 58.3 Å². The van der Waals surface area contributed by atoms with Crippen molar-refractivity contribution in [2.45, 2.75) is 32.1 Å². The molecule has 2 aliphatic rings. The van der Waals surface area contributed by atoms with Gasteiger partial charge in [-0.1, -0.05) is 18.2 Å². The molecule has 1 aromatic carbocycles. The van der Waals surface area contributed by atoms with Gasteiger partial charge in [0, 0.05) is 10.9 Å². The maximum absolute atomic E-state index is 11.8. The summed E-state index contributed by atoms with van der Waals surface area (Å²) in [5.41, 5.74) is 4.55. The van der Waals surface area contributed by atoms with Crippen LogP contribution < -0.4 is 0 Å². The Balaban J connectivity index is 1.90. The Labute approximate surface area is 115 Å². The predicted octanol–water partition coefficient (Wildman–Crippen LogP) is 3.79. The van der Waals surface area contributed by atoms with Gasteiger partial charge in [-0.2, -0.15) is 0 Å². The zero-order valence-corrected chi connectivity index (χ0v) is 11.9. The van der Waals surface area contributed by atoms with Gasteiger partial charge in [0.25, 0.3) is 0 Å². The average molecular weight is 307 g/mol. The number of rotatable bonds is 3. The van der Waals surface area contributed by atoms with Gasteiger partial charge in [0.15, 0.2) is 0 Å². The number of benzene rings is 1. The third-order valence-electron chi connectivity index (χ3n) is 3.57. The lowest BCUT2D eigenvalue weighted by Gasteiger charge is -2.03. The topological polar surface area (TPSA) is 26.3 Å². The molecule has 1 fully saturated rings. The third-order valence-corrected chi connectivity index (χ3v) is 4.47. The average Bonchev–Trinajstić information content (AvgIpc) is 3.15. The highest BCUT2D eigenvalue weighted by Crippen LogP contribution is 2.44. The lowest BCUT2D eigenvalue weighted by Crippen LogP contribution is -2.07. The van der Waals surface area contributed by atoms with E-state index >= 15 is 0 Å². The minimum atomic E-state index is -0.200. The molecule has 0 atom stereocenters. The minimum absolute atomic E-state index is 0.200. The Kier molecular flexibility index (Phi) is 3.02. The second-order valence-electron chi connectivity index (χ2n) is 4.88. The Morgan fingerprint density at radius 3 is 2.89 bits per heavy atom. The highest BCUT2D eigenvalue weighted by atomic mass is 79.9. The molecule has 94 valence electrons. The smallest absolute Gasteiger partial charge is 0.335 e. The zero-order chi connectivity index (χ0) is 12.7. The summed E-state index contributed by atoms with van der Waals surface area (Å²) < 4.78 is 5.99. The molecule has 2 aliphatic carbocycles. The van der Waals surface area contributed by atoms with Crippen molar-refractivity contribution in [2.24, 2.45) is 0 Å². The fourth-order valence-corrected chi connectivity index (χ4v) is 3.14. The molecule has 0 spiro atoms. The van der Waals surface area contributed by atoms with E-state index in [1.54, 1.807) is 0 Å². The first kappa shape index (κ1) is 12.0. The van der Waals surface area contributed by atoms with Crippen molar-refractivity contribution in [3.63, 3.8) is 0 Å². The SMILES string of the molecule is CCOC(=O)C1=C(Br)c2ccc(C3CC3)cc2C1. The maximum Gasteiger partial charge on any atom is 0.335 e. The summed E-state index contributed by atoms with van der Waals surface area (Å²) in [6.45, 7) is 2.26. The van der Waals surface area contributed by atoms with Gasteiger partial charge in [-0.25, -0.2) is 4.79 Å². The molecule has 0 aromatic heterocycles. The molecule has 0 saturated heterocycles. The lowest BCUT2D eigenvalue weighted by molar-refractivity contribution is -0.138. The summed E-state index contributed by atoms with van der Waals surface area (Å²) in [6.07, 6.45) is 3.30. The number of carbonyl (C=O) groups excluding carboxylic acids is 1. The largest absolute Gasteiger partial charge is 0.463 e. The van der Waals surface area contributed by atoms with E-state index in [-0.39, 0.29) is 5.97 Å². The molecular weight excluding hydrogens is 292 g/mol. The first-order valence-electron chi connectivity index (χ1n) is 6.39. The number of hydrogen-bond acceptors (Lipinski definition) is 2. The Morgan fingerprint density at radius 1 is 1.44 bits per heavy atom. The van der Waals surface area contributed by atoms with E-state index in [9.17, 15) is 4.79 Å². The van der Waals surface area contributed by atoms with Gasteiger partial charge in [-0.15, -0.1) is 0 Å². The van der Waals surface area contributed by atoms with Crippen LogP contribution in [-0.4, -0.2) is 12.6 Å². The first-order chi connectivity index (χ1) is 8.70. The predicted molar refractivity (Wildman–Crippen MR) is 74.6 cm³/mol. The van der Waals surface area contributed by atoms with Crippen molar-refractivity contribution in [1.29, 1.82) is 0 Å². The molecule has 3 rings (SSSR count). The Bertz CT molecular complexity index is 541. The number of ether oxygens (including phenoxy) is 1. The van der Waals surface area contributed by atoms with E-state index in [1.165, 1.54) is 24.0 Å². The van der Waals surface area contributed by atoms with Gasteiger partial charge < -0.3 is 4.74 Å². The van der Waals surface area contributed by atoms with Gasteiger partial charge >= 0.3 is 5.97 Å². The van der Waals surface area contributed by atoms with E-state index < -0.39 is 0 Å². The van der Waals surface area contributed by atoms with Crippen molar-refractivity contribution in [2.75, 3.05) is 6.61 Å². The maximum atomic E-state index is 11.8. The van der Waals surface area contributed by atoms with Crippen LogP contribution in [-0.2, 0) is 16.0 Å². The number of carbonyl (C=O) groups is 1. The highest BCUT2D eigenvalue weighted by molar-refractivity contribution is 9.15. The van der Waals surface area contributed by atoms with Gasteiger partial charge in [0.2, 0.25) is 0 Å². The van der Waals surface area contributed by atoms with E-state index in [0.29, 0.717) is 13.0 Å². The molecule has 0 heterocycles. The highest BCUT2D eigenvalue weighted by Gasteiger charge is 2.29. The minimum Gasteiger partial charge on any atom is -0.463 e. The molecule has 1 saturated carbocycles. The van der Waals surface area contributed by atoms with Crippen molar-refractivity contribution in [3.05, 3.63) is 40.5 Å². The van der Waals surface area contributed by atoms with Crippen LogP contribution in [0.25, 0.3) is 4.48 Å². The fraction of sp³-hybridized carbons (Fsp3) is 0.400. The molecule has 0 N–H and O–H groups in total. The summed E-state index contributed by atoms with van der Waals surface area (Å²) in [7, 11) is 0. The molecule has 0 bridgehead atoms. The van der Waals surface area contributed by atoms with Crippen molar-refractivity contribution < 1.29 is 9.53 Å². The van der Waals surface area contributed by atoms with Crippen LogP contribution in [0, 0.1) is 0 Å². The van der Waals surface area contributed by atoms with Gasteiger partial charge in [0.1, 0.15) is 0 Å². The monoisotopic (exact) mass is 306 g/mol. The lowest BCUT2D eigenvalue weighted by atomic mass is 10.0. The molecule has 3 heteroatoms. The van der Waals surface area contributed by atoms with Crippen LogP contribution in [0.1, 0.15) is 42.4 Å². The number of halogens is 1. The summed E-state index contributed by atoms with van der Waals surface area (Å²) >= 11 is 3.53. The molecular formula is C15H15BrO2. The van der Waals surface area contributed by atoms with Crippen LogP contribution in [0.4, 0.5) is 0 Å². The molecule has 0 aliphatic heterocycles. The summed E-state index contributed by atoms with van der Waals surface area (Å²) in [5, 5.41) is 0. The molecule has 18 heavy (non-hydrogen) atoms. The van der Waals surface area contributed by atoms with Crippen LogP contribution in [0.2, 0.25) is 0 Å². The molecule has 2 nitrogen and oxygen atoms in total. The summed E-state index contributed by atoms with van der Waals surface area (Å²) in [5.74, 6) is 0.550. The Hall–Kier alpha value is -1.09. The molecule has 0 radical (unpaired) electrons. The van der Waals surface area contributed by atoms with E-state index in [1.807, 2.05) is 6.92 Å². The zero-order valence-electron chi connectivity index (χ0n) is 10.3. The summed E-state index contributed by atoms with van der Waals surface area (Å²) in [6, 6.07) is 6.56. The van der Waals surface area contributed by atoms with Crippen molar-refractivity contribution in [1.82, 2.24) is 0 Å². The molecule has 0 amide bonds. The standard InChI is InChI=1S/C15H15BrO2/c1-2-18-15(17)13-8-11-7-10(9-3-4-9)5-6-12(11)14(13)16/h5-7,9H,2-4,8H2,1H3. The van der Waals surface area contributed by atoms with Gasteiger partial charge in [-0.3, -0.25) is 0 Å². The first-order valence-corrected chi connectivity index (χ1v) is 7.19. The van der Waals surface area contributed by atoms with Crippen LogP contribution in [0.3, 0.4) is 0 Å². The van der Waals surface area contributed by atoms with Crippen LogP contribution in [0.15, 0.2) is 23.8 Å². The molecule has 1 aromatic rings. The Morgan fingerprint density at radius 2 is 2.22 bits per heavy atom. The van der Waals surface area contributed by atoms with Crippen LogP contribution in [0.5, 0.6) is 0 Å². The fourth-order valence-electron chi connectivity index (χ4n) is 2.46. The third kappa shape index (κ3) is 2.01. The number of esters is 1. The normalized spacial score (nSPS) is 17.9. The van der Waals surface area contributed by atoms with E-state index in [4.69, 9.17) is 4.74 Å². The molecule has 0 unspecified atom stereocenters.